The van der Waals surface area contributed by atoms with Gasteiger partial charge in [-0.25, -0.2) is 0 Å². The van der Waals surface area contributed by atoms with E-state index in [0.717, 1.165) is 37.4 Å². The van der Waals surface area contributed by atoms with Gasteiger partial charge < -0.3 is 19.5 Å². The fraction of sp³-hybridized carbons (Fsp3) is 0.286. The van der Waals surface area contributed by atoms with Crippen LogP contribution in [0, 0.1) is 0 Å². The first kappa shape index (κ1) is 20.7. The molecule has 2 heterocycles. The Bertz CT molecular complexity index is 1010. The Morgan fingerprint density at radius 1 is 1.10 bits per heavy atom. The molecule has 4 rings (SSSR count). The molecule has 1 amide bonds. The number of halogens is 1. The standard InChI is InChI=1S/C21H22ClN5O2S/c1-26-10-12-27(13-11-26)19-16(22)8-5-9-17(19)23-18(28)14-30-21-25-24-20(29-21)15-6-3-2-4-7-15/h2-9H,10-14H2,1H3,(H,23,28). The van der Waals surface area contributed by atoms with Gasteiger partial charge in [-0.05, 0) is 31.3 Å². The van der Waals surface area contributed by atoms with Crippen molar-refractivity contribution in [3.05, 3.63) is 53.6 Å². The third kappa shape index (κ3) is 4.95. The highest BCUT2D eigenvalue weighted by molar-refractivity contribution is 7.99. The molecule has 0 aliphatic carbocycles. The number of carbonyl (C=O) groups is 1. The molecule has 1 aromatic heterocycles. The van der Waals surface area contributed by atoms with E-state index < -0.39 is 0 Å². The molecule has 3 aromatic rings. The van der Waals surface area contributed by atoms with Gasteiger partial charge >= 0.3 is 0 Å². The summed E-state index contributed by atoms with van der Waals surface area (Å²) in [5.74, 6) is 0.438. The molecule has 7 nitrogen and oxygen atoms in total. The lowest BCUT2D eigenvalue weighted by molar-refractivity contribution is -0.113. The van der Waals surface area contributed by atoms with Gasteiger partial charge in [0.2, 0.25) is 11.8 Å². The van der Waals surface area contributed by atoms with E-state index in [2.05, 4.69) is 32.4 Å². The Hall–Kier alpha value is -2.55. The van der Waals surface area contributed by atoms with Crippen molar-refractivity contribution in [2.24, 2.45) is 0 Å². The molecule has 0 radical (unpaired) electrons. The van der Waals surface area contributed by atoms with Crippen LogP contribution in [0.2, 0.25) is 5.02 Å². The molecular weight excluding hydrogens is 422 g/mol. The number of amides is 1. The maximum absolute atomic E-state index is 12.6. The van der Waals surface area contributed by atoms with Crippen molar-refractivity contribution < 1.29 is 9.21 Å². The van der Waals surface area contributed by atoms with Crippen molar-refractivity contribution in [2.75, 3.05) is 49.2 Å². The highest BCUT2D eigenvalue weighted by atomic mass is 35.5. The summed E-state index contributed by atoms with van der Waals surface area (Å²) in [6.45, 7) is 3.63. The van der Waals surface area contributed by atoms with Crippen LogP contribution in [0.15, 0.2) is 58.2 Å². The molecule has 156 valence electrons. The molecule has 0 unspecified atom stereocenters. The number of hydrogen-bond acceptors (Lipinski definition) is 7. The van der Waals surface area contributed by atoms with E-state index in [0.29, 0.717) is 21.8 Å². The number of nitrogens with zero attached hydrogens (tertiary/aromatic N) is 4. The quantitative estimate of drug-likeness (QED) is 0.579. The Morgan fingerprint density at radius 3 is 2.63 bits per heavy atom. The van der Waals surface area contributed by atoms with E-state index >= 15 is 0 Å². The molecular formula is C21H22ClN5O2S. The summed E-state index contributed by atoms with van der Waals surface area (Å²) in [5.41, 5.74) is 2.43. The summed E-state index contributed by atoms with van der Waals surface area (Å²) in [5, 5.41) is 12.0. The molecule has 30 heavy (non-hydrogen) atoms. The van der Waals surface area contributed by atoms with Gasteiger partial charge in [0.1, 0.15) is 0 Å². The Kier molecular flexibility index (Phi) is 6.56. The average Bonchev–Trinajstić information content (AvgIpc) is 3.23. The van der Waals surface area contributed by atoms with Crippen LogP contribution >= 0.6 is 23.4 Å². The van der Waals surface area contributed by atoms with Crippen molar-refractivity contribution in [1.29, 1.82) is 0 Å². The molecule has 1 fully saturated rings. The molecule has 1 aliphatic rings. The third-order valence-electron chi connectivity index (χ3n) is 4.83. The largest absolute Gasteiger partial charge is 0.411 e. The topological polar surface area (TPSA) is 74.5 Å². The minimum atomic E-state index is -0.155. The summed E-state index contributed by atoms with van der Waals surface area (Å²) in [6, 6.07) is 15.1. The smallest absolute Gasteiger partial charge is 0.277 e. The van der Waals surface area contributed by atoms with Gasteiger partial charge in [0, 0.05) is 31.7 Å². The van der Waals surface area contributed by atoms with Gasteiger partial charge in [0.05, 0.1) is 22.2 Å². The number of piperazine rings is 1. The Morgan fingerprint density at radius 2 is 1.87 bits per heavy atom. The van der Waals surface area contributed by atoms with Crippen LogP contribution in [-0.2, 0) is 4.79 Å². The van der Waals surface area contributed by atoms with Crippen LogP contribution in [0.1, 0.15) is 0 Å². The summed E-state index contributed by atoms with van der Waals surface area (Å²) >= 11 is 7.68. The normalized spacial score (nSPS) is 14.7. The van der Waals surface area contributed by atoms with Crippen LogP contribution in [-0.4, -0.2) is 60.0 Å². The third-order valence-corrected chi connectivity index (χ3v) is 5.96. The Labute approximate surface area is 184 Å². The van der Waals surface area contributed by atoms with Crippen molar-refractivity contribution in [1.82, 2.24) is 15.1 Å². The van der Waals surface area contributed by atoms with Crippen LogP contribution in [0.4, 0.5) is 11.4 Å². The fourth-order valence-electron chi connectivity index (χ4n) is 3.25. The number of benzene rings is 2. The van der Waals surface area contributed by atoms with Crippen LogP contribution in [0.5, 0.6) is 0 Å². The number of thioether (sulfide) groups is 1. The number of nitrogens with one attached hydrogen (secondary N) is 1. The SMILES string of the molecule is CN1CCN(c2c(Cl)cccc2NC(=O)CSc2nnc(-c3ccccc3)o2)CC1. The predicted molar refractivity (Wildman–Crippen MR) is 120 cm³/mol. The summed E-state index contributed by atoms with van der Waals surface area (Å²) in [6.07, 6.45) is 0. The van der Waals surface area contributed by atoms with E-state index in [1.807, 2.05) is 48.5 Å². The zero-order valence-corrected chi connectivity index (χ0v) is 18.1. The molecule has 1 saturated heterocycles. The van der Waals surface area contributed by atoms with Gasteiger partial charge in [-0.1, -0.05) is 47.6 Å². The van der Waals surface area contributed by atoms with E-state index in [-0.39, 0.29) is 11.7 Å². The highest BCUT2D eigenvalue weighted by Crippen LogP contribution is 2.34. The molecule has 0 spiro atoms. The molecule has 2 aromatic carbocycles. The first-order valence-electron chi connectivity index (χ1n) is 9.64. The maximum atomic E-state index is 12.6. The maximum Gasteiger partial charge on any atom is 0.277 e. The molecule has 1 aliphatic heterocycles. The number of carbonyl (C=O) groups excluding carboxylic acids is 1. The first-order valence-corrected chi connectivity index (χ1v) is 11.0. The van der Waals surface area contributed by atoms with E-state index in [1.54, 1.807) is 0 Å². The first-order chi connectivity index (χ1) is 14.6. The minimum Gasteiger partial charge on any atom is -0.411 e. The number of rotatable bonds is 6. The van der Waals surface area contributed by atoms with Crippen LogP contribution in [0.3, 0.4) is 0 Å². The van der Waals surface area contributed by atoms with Crippen LogP contribution < -0.4 is 10.2 Å². The number of para-hydroxylation sites is 1. The molecule has 0 atom stereocenters. The fourth-order valence-corrected chi connectivity index (χ4v) is 4.10. The Balaban J connectivity index is 1.39. The monoisotopic (exact) mass is 443 g/mol. The molecule has 9 heteroatoms. The predicted octanol–water partition coefficient (Wildman–Crippen LogP) is 3.87. The summed E-state index contributed by atoms with van der Waals surface area (Å²) < 4.78 is 5.65. The number of likely N-dealkylation sites (N-methyl/N-ethyl adjacent to an activating group) is 1. The minimum absolute atomic E-state index is 0.155. The number of anilines is 2. The van der Waals surface area contributed by atoms with E-state index in [4.69, 9.17) is 16.0 Å². The van der Waals surface area contributed by atoms with E-state index in [1.165, 1.54) is 11.8 Å². The lowest BCUT2D eigenvalue weighted by Crippen LogP contribution is -2.44. The van der Waals surface area contributed by atoms with Gasteiger partial charge in [0.25, 0.3) is 5.22 Å². The van der Waals surface area contributed by atoms with Crippen molar-refractivity contribution in [3.8, 4) is 11.5 Å². The number of aromatic nitrogens is 2. The number of hydrogen-bond donors (Lipinski definition) is 1. The second-order valence-corrected chi connectivity index (χ2v) is 8.34. The lowest BCUT2D eigenvalue weighted by Gasteiger charge is -2.35. The van der Waals surface area contributed by atoms with Crippen molar-refractivity contribution in [2.45, 2.75) is 5.22 Å². The lowest BCUT2D eigenvalue weighted by atomic mass is 10.2. The zero-order chi connectivity index (χ0) is 20.9. The highest BCUT2D eigenvalue weighted by Gasteiger charge is 2.21. The van der Waals surface area contributed by atoms with Gasteiger partial charge in [-0.2, -0.15) is 0 Å². The van der Waals surface area contributed by atoms with Gasteiger partial charge in [-0.15, -0.1) is 10.2 Å². The summed E-state index contributed by atoms with van der Waals surface area (Å²) in [7, 11) is 2.10. The average molecular weight is 444 g/mol. The van der Waals surface area contributed by atoms with Crippen LogP contribution in [0.25, 0.3) is 11.5 Å². The van der Waals surface area contributed by atoms with Gasteiger partial charge in [0.15, 0.2) is 0 Å². The summed E-state index contributed by atoms with van der Waals surface area (Å²) in [4.78, 5) is 17.1. The zero-order valence-electron chi connectivity index (χ0n) is 16.5. The molecule has 0 saturated carbocycles. The van der Waals surface area contributed by atoms with Gasteiger partial charge in [-0.3, -0.25) is 4.79 Å². The van der Waals surface area contributed by atoms with E-state index in [9.17, 15) is 4.79 Å². The second-order valence-electron chi connectivity index (χ2n) is 7.00. The molecule has 1 N–H and O–H groups in total. The van der Waals surface area contributed by atoms with Crippen molar-refractivity contribution in [3.63, 3.8) is 0 Å². The molecule has 0 bridgehead atoms. The van der Waals surface area contributed by atoms with Crippen molar-refractivity contribution >= 4 is 40.6 Å². The second kappa shape index (κ2) is 9.51.